The van der Waals surface area contributed by atoms with Gasteiger partial charge in [0.2, 0.25) is 0 Å². The van der Waals surface area contributed by atoms with Crippen LogP contribution in [0.25, 0.3) is 0 Å². The van der Waals surface area contributed by atoms with E-state index in [-0.39, 0.29) is 6.54 Å². The molecule has 1 aromatic carbocycles. The highest BCUT2D eigenvalue weighted by molar-refractivity contribution is 5.43. The predicted octanol–water partition coefficient (Wildman–Crippen LogP) is 1.84. The van der Waals surface area contributed by atoms with Gasteiger partial charge in [-0.2, -0.15) is 0 Å². The molecule has 16 heavy (non-hydrogen) atoms. The Bertz CT molecular complexity index is 321. The molecule has 0 saturated heterocycles. The van der Waals surface area contributed by atoms with Crippen molar-refractivity contribution in [3.05, 3.63) is 24.3 Å². The van der Waals surface area contributed by atoms with Gasteiger partial charge in [-0.3, -0.25) is 4.90 Å². The third-order valence-corrected chi connectivity index (χ3v) is 2.05. The van der Waals surface area contributed by atoms with Crippen LogP contribution >= 0.6 is 0 Å². The minimum absolute atomic E-state index is 0.236. The van der Waals surface area contributed by atoms with E-state index in [2.05, 4.69) is 0 Å². The molecule has 0 fully saturated rings. The van der Waals surface area contributed by atoms with Crippen LogP contribution in [-0.2, 0) is 0 Å². The van der Waals surface area contributed by atoms with E-state index in [0.717, 1.165) is 0 Å². The molecule has 1 rings (SSSR count). The second-order valence-corrected chi connectivity index (χ2v) is 3.57. The number of likely N-dealkylation sites (N-methyl/N-ethyl adjacent to an activating group) is 1. The average molecular weight is 230 g/mol. The smallest absolute Gasteiger partial charge is 0.251 e. The quantitative estimate of drug-likeness (QED) is 0.758. The van der Waals surface area contributed by atoms with Crippen LogP contribution in [0.1, 0.15) is 0 Å². The minimum Gasteiger partial charge on any atom is -0.492 e. The first kappa shape index (κ1) is 12.7. The fraction of sp³-hybridized carbons (Fsp3) is 0.455. The van der Waals surface area contributed by atoms with Crippen molar-refractivity contribution in [2.24, 2.45) is 0 Å². The molecule has 0 amide bonds. The molecule has 3 nitrogen and oxygen atoms in total. The Hall–Kier alpha value is -1.36. The van der Waals surface area contributed by atoms with E-state index < -0.39 is 6.43 Å². The van der Waals surface area contributed by atoms with E-state index in [1.54, 1.807) is 31.3 Å². The molecule has 90 valence electrons. The van der Waals surface area contributed by atoms with Crippen molar-refractivity contribution in [2.75, 3.05) is 32.5 Å². The van der Waals surface area contributed by atoms with Crippen LogP contribution in [0.4, 0.5) is 14.5 Å². The molecular formula is C11H16F2N2O. The lowest BCUT2D eigenvalue weighted by Crippen LogP contribution is -2.28. The molecule has 0 aromatic heterocycles. The minimum atomic E-state index is -2.31. The molecule has 0 radical (unpaired) electrons. The average Bonchev–Trinajstić information content (AvgIpc) is 2.16. The number of benzene rings is 1. The van der Waals surface area contributed by atoms with Gasteiger partial charge >= 0.3 is 0 Å². The number of halogens is 2. The van der Waals surface area contributed by atoms with Crippen LogP contribution in [0.3, 0.4) is 0 Å². The van der Waals surface area contributed by atoms with Crippen molar-refractivity contribution in [3.63, 3.8) is 0 Å². The van der Waals surface area contributed by atoms with Gasteiger partial charge in [0.15, 0.2) is 0 Å². The summed E-state index contributed by atoms with van der Waals surface area (Å²) < 4.78 is 29.4. The summed E-state index contributed by atoms with van der Waals surface area (Å²) in [5.74, 6) is 0.658. The maximum absolute atomic E-state index is 12.0. The summed E-state index contributed by atoms with van der Waals surface area (Å²) in [7, 11) is 1.63. The monoisotopic (exact) mass is 230 g/mol. The lowest BCUT2D eigenvalue weighted by molar-refractivity contribution is 0.0935. The molecule has 0 bridgehead atoms. The molecule has 0 atom stereocenters. The van der Waals surface area contributed by atoms with Gasteiger partial charge in [0.25, 0.3) is 6.43 Å². The highest BCUT2D eigenvalue weighted by Crippen LogP contribution is 2.14. The van der Waals surface area contributed by atoms with Crippen LogP contribution in [0.5, 0.6) is 5.75 Å². The summed E-state index contributed by atoms with van der Waals surface area (Å²) in [5, 5.41) is 0. The summed E-state index contributed by atoms with van der Waals surface area (Å²) >= 11 is 0. The standard InChI is InChI=1S/C11H16F2N2O/c1-15(8-11(12)13)5-6-16-10-4-2-3-9(14)7-10/h2-4,7,11H,5-6,8,14H2,1H3. The maximum Gasteiger partial charge on any atom is 0.251 e. The molecule has 0 spiro atoms. The van der Waals surface area contributed by atoms with Crippen molar-refractivity contribution in [3.8, 4) is 5.75 Å². The first-order chi connectivity index (χ1) is 7.58. The number of nitrogens with zero attached hydrogens (tertiary/aromatic N) is 1. The zero-order chi connectivity index (χ0) is 12.0. The predicted molar refractivity (Wildman–Crippen MR) is 59.9 cm³/mol. The number of hydrogen-bond donors (Lipinski definition) is 1. The Morgan fingerprint density at radius 2 is 2.19 bits per heavy atom. The van der Waals surface area contributed by atoms with Gasteiger partial charge in [-0.15, -0.1) is 0 Å². The van der Waals surface area contributed by atoms with E-state index in [1.165, 1.54) is 4.90 Å². The Morgan fingerprint density at radius 1 is 1.44 bits per heavy atom. The summed E-state index contributed by atoms with van der Waals surface area (Å²) in [5.41, 5.74) is 6.19. The Balaban J connectivity index is 2.25. The Labute approximate surface area is 93.8 Å². The van der Waals surface area contributed by atoms with E-state index in [1.807, 2.05) is 0 Å². The van der Waals surface area contributed by atoms with Crippen molar-refractivity contribution in [2.45, 2.75) is 6.43 Å². The molecule has 2 N–H and O–H groups in total. The lowest BCUT2D eigenvalue weighted by atomic mass is 10.3. The molecule has 0 unspecified atom stereocenters. The van der Waals surface area contributed by atoms with Crippen LogP contribution in [0, 0.1) is 0 Å². The van der Waals surface area contributed by atoms with Crippen LogP contribution in [0.15, 0.2) is 24.3 Å². The van der Waals surface area contributed by atoms with E-state index in [0.29, 0.717) is 24.6 Å². The first-order valence-corrected chi connectivity index (χ1v) is 5.03. The van der Waals surface area contributed by atoms with E-state index >= 15 is 0 Å². The number of ether oxygens (including phenoxy) is 1. The van der Waals surface area contributed by atoms with Crippen LogP contribution < -0.4 is 10.5 Å². The van der Waals surface area contributed by atoms with Crippen LogP contribution in [0.2, 0.25) is 0 Å². The van der Waals surface area contributed by atoms with E-state index in [4.69, 9.17) is 10.5 Å². The first-order valence-electron chi connectivity index (χ1n) is 5.03. The summed E-state index contributed by atoms with van der Waals surface area (Å²) in [6.45, 7) is 0.589. The number of hydrogen-bond acceptors (Lipinski definition) is 3. The number of alkyl halides is 2. The summed E-state index contributed by atoms with van der Waals surface area (Å²) in [6, 6.07) is 7.03. The summed E-state index contributed by atoms with van der Waals surface area (Å²) in [4.78, 5) is 1.52. The van der Waals surface area contributed by atoms with Gasteiger partial charge in [-0.25, -0.2) is 8.78 Å². The third kappa shape index (κ3) is 4.93. The summed E-state index contributed by atoms with van der Waals surface area (Å²) in [6.07, 6.45) is -2.31. The van der Waals surface area contributed by atoms with Gasteiger partial charge in [0, 0.05) is 18.3 Å². The maximum atomic E-state index is 12.0. The third-order valence-electron chi connectivity index (χ3n) is 2.05. The number of nitrogen functional groups attached to an aromatic ring is 1. The van der Waals surface area contributed by atoms with Crippen molar-refractivity contribution in [1.82, 2.24) is 4.90 Å². The molecule has 0 aliphatic heterocycles. The van der Waals surface area contributed by atoms with Crippen molar-refractivity contribution >= 4 is 5.69 Å². The largest absolute Gasteiger partial charge is 0.492 e. The number of anilines is 1. The zero-order valence-corrected chi connectivity index (χ0v) is 9.20. The second-order valence-electron chi connectivity index (χ2n) is 3.57. The Morgan fingerprint density at radius 3 is 2.81 bits per heavy atom. The van der Waals surface area contributed by atoms with Gasteiger partial charge in [-0.05, 0) is 19.2 Å². The van der Waals surface area contributed by atoms with Gasteiger partial charge < -0.3 is 10.5 Å². The van der Waals surface area contributed by atoms with Gasteiger partial charge in [0.1, 0.15) is 12.4 Å². The SMILES string of the molecule is CN(CCOc1cccc(N)c1)CC(F)F. The zero-order valence-electron chi connectivity index (χ0n) is 9.20. The van der Waals surface area contributed by atoms with Crippen molar-refractivity contribution in [1.29, 1.82) is 0 Å². The molecule has 0 aliphatic rings. The van der Waals surface area contributed by atoms with Crippen molar-refractivity contribution < 1.29 is 13.5 Å². The highest BCUT2D eigenvalue weighted by Gasteiger charge is 2.07. The topological polar surface area (TPSA) is 38.5 Å². The Kier molecular flexibility index (Phi) is 4.98. The number of nitrogens with two attached hydrogens (primary N) is 1. The van der Waals surface area contributed by atoms with Gasteiger partial charge in [0.05, 0.1) is 6.54 Å². The molecular weight excluding hydrogens is 214 g/mol. The second kappa shape index (κ2) is 6.27. The number of rotatable bonds is 6. The molecule has 1 aromatic rings. The lowest BCUT2D eigenvalue weighted by Gasteiger charge is -2.16. The van der Waals surface area contributed by atoms with Crippen LogP contribution in [-0.4, -0.2) is 38.1 Å². The molecule has 5 heteroatoms. The van der Waals surface area contributed by atoms with E-state index in [9.17, 15) is 8.78 Å². The fourth-order valence-corrected chi connectivity index (χ4v) is 1.25. The molecule has 0 aliphatic carbocycles. The highest BCUT2D eigenvalue weighted by atomic mass is 19.3. The molecule has 0 heterocycles. The molecule has 0 saturated carbocycles. The van der Waals surface area contributed by atoms with Gasteiger partial charge in [-0.1, -0.05) is 6.07 Å². The fourth-order valence-electron chi connectivity index (χ4n) is 1.25. The normalized spacial score (nSPS) is 11.1.